The first-order valence-corrected chi connectivity index (χ1v) is 4.05. The molecule has 1 aromatic rings. The van der Waals surface area contributed by atoms with Crippen molar-refractivity contribution in [3.8, 4) is 0 Å². The van der Waals surface area contributed by atoms with E-state index in [1.807, 2.05) is 0 Å². The maximum absolute atomic E-state index is 2.34. The zero-order chi connectivity index (χ0) is 5.98. The van der Waals surface area contributed by atoms with Crippen LogP contribution in [0.3, 0.4) is 0 Å². The first-order valence-electron chi connectivity index (χ1n) is 2.52. The van der Waals surface area contributed by atoms with E-state index in [1.54, 1.807) is 0 Å². The van der Waals surface area contributed by atoms with E-state index in [0.29, 0.717) is 0 Å². The molecule has 8 heavy (non-hydrogen) atoms. The quantitative estimate of drug-likeness (QED) is 0.506. The largest absolute Gasteiger partial charge is 0.342 e. The van der Waals surface area contributed by atoms with Crippen molar-refractivity contribution in [2.75, 3.05) is 0 Å². The smallest absolute Gasteiger partial charge is 0.0739 e. The lowest BCUT2D eigenvalue weighted by atomic mass is 10.5. The Morgan fingerprint density at radius 1 is 1.75 bits per heavy atom. The lowest BCUT2D eigenvalue weighted by molar-refractivity contribution is 0.882. The van der Waals surface area contributed by atoms with E-state index < -0.39 is 0 Å². The summed E-state index contributed by atoms with van der Waals surface area (Å²) in [5.41, 5.74) is 1.33. The van der Waals surface area contributed by atoms with E-state index in [2.05, 4.69) is 52.4 Å². The molecule has 1 heterocycles. The standard InChI is InChI=1S/C6H8IN/c1-6-3-2-4-8(6)5-7/h2-4H,5H2,1H3. The maximum atomic E-state index is 2.34. The van der Waals surface area contributed by atoms with Gasteiger partial charge in [-0.15, -0.1) is 0 Å². The van der Waals surface area contributed by atoms with E-state index in [9.17, 15) is 0 Å². The molecule has 44 valence electrons. The van der Waals surface area contributed by atoms with Crippen molar-refractivity contribution in [1.29, 1.82) is 0 Å². The molecule has 0 N–H and O–H groups in total. The van der Waals surface area contributed by atoms with Crippen molar-refractivity contribution in [3.63, 3.8) is 0 Å². The average molecular weight is 221 g/mol. The van der Waals surface area contributed by atoms with Crippen molar-refractivity contribution in [3.05, 3.63) is 24.0 Å². The van der Waals surface area contributed by atoms with E-state index >= 15 is 0 Å². The molecule has 0 aliphatic carbocycles. The van der Waals surface area contributed by atoms with Gasteiger partial charge in [0, 0.05) is 11.9 Å². The molecule has 0 fully saturated rings. The minimum atomic E-state index is 1.05. The van der Waals surface area contributed by atoms with Gasteiger partial charge in [0.25, 0.3) is 0 Å². The lowest BCUT2D eigenvalue weighted by Gasteiger charge is -1.96. The Bertz CT molecular complexity index is 169. The maximum Gasteiger partial charge on any atom is 0.0739 e. The van der Waals surface area contributed by atoms with Crippen molar-refractivity contribution in [1.82, 2.24) is 4.57 Å². The van der Waals surface area contributed by atoms with Crippen LogP contribution < -0.4 is 0 Å². The topological polar surface area (TPSA) is 4.93 Å². The van der Waals surface area contributed by atoms with Crippen LogP contribution >= 0.6 is 22.6 Å². The summed E-state index contributed by atoms with van der Waals surface area (Å²) in [5.74, 6) is 0. The van der Waals surface area contributed by atoms with Crippen molar-refractivity contribution >= 4 is 22.6 Å². The molecule has 0 aliphatic rings. The Hall–Kier alpha value is 0.0100. The highest BCUT2D eigenvalue weighted by atomic mass is 127. The first-order chi connectivity index (χ1) is 3.84. The molecule has 1 aromatic heterocycles. The molecule has 0 bridgehead atoms. The van der Waals surface area contributed by atoms with Gasteiger partial charge in [0.1, 0.15) is 0 Å². The van der Waals surface area contributed by atoms with Gasteiger partial charge >= 0.3 is 0 Å². The number of hydrogen-bond donors (Lipinski definition) is 0. The molecule has 0 aliphatic heterocycles. The van der Waals surface area contributed by atoms with Crippen LogP contribution in [0.4, 0.5) is 0 Å². The molecule has 0 aromatic carbocycles. The molecule has 0 radical (unpaired) electrons. The molecule has 0 saturated carbocycles. The molecule has 1 nitrogen and oxygen atoms in total. The molecule has 0 saturated heterocycles. The summed E-state index contributed by atoms with van der Waals surface area (Å²) in [6.07, 6.45) is 2.09. The van der Waals surface area contributed by atoms with Crippen LogP contribution in [0.25, 0.3) is 0 Å². The molecule has 2 heteroatoms. The highest BCUT2D eigenvalue weighted by molar-refractivity contribution is 14.1. The number of aromatic nitrogens is 1. The first kappa shape index (κ1) is 6.13. The van der Waals surface area contributed by atoms with Gasteiger partial charge in [0.05, 0.1) is 4.55 Å². The van der Waals surface area contributed by atoms with Crippen LogP contribution in [0, 0.1) is 6.92 Å². The van der Waals surface area contributed by atoms with Gasteiger partial charge in [0.15, 0.2) is 0 Å². The Kier molecular flexibility index (Phi) is 1.94. The monoisotopic (exact) mass is 221 g/mol. The van der Waals surface area contributed by atoms with Gasteiger partial charge in [0.2, 0.25) is 0 Å². The average Bonchev–Trinajstić information content (AvgIpc) is 2.14. The van der Waals surface area contributed by atoms with Gasteiger partial charge < -0.3 is 4.57 Å². The zero-order valence-electron chi connectivity index (χ0n) is 4.76. The molecular weight excluding hydrogens is 213 g/mol. The van der Waals surface area contributed by atoms with Gasteiger partial charge in [-0.2, -0.15) is 0 Å². The third-order valence-electron chi connectivity index (χ3n) is 1.19. The lowest BCUT2D eigenvalue weighted by Crippen LogP contribution is -1.89. The highest BCUT2D eigenvalue weighted by Crippen LogP contribution is 2.01. The summed E-state index contributed by atoms with van der Waals surface area (Å²) in [6, 6.07) is 4.17. The fraction of sp³-hybridized carbons (Fsp3) is 0.333. The number of hydrogen-bond acceptors (Lipinski definition) is 0. The summed E-state index contributed by atoms with van der Waals surface area (Å²) < 4.78 is 3.25. The fourth-order valence-corrected chi connectivity index (χ4v) is 1.40. The number of aryl methyl sites for hydroxylation is 1. The third kappa shape index (κ3) is 1.05. The van der Waals surface area contributed by atoms with E-state index in [-0.39, 0.29) is 0 Å². The Morgan fingerprint density at radius 2 is 2.50 bits per heavy atom. The van der Waals surface area contributed by atoms with E-state index in [1.165, 1.54) is 5.69 Å². The number of halogens is 1. The summed E-state index contributed by atoms with van der Waals surface area (Å²) in [6.45, 7) is 2.11. The Labute approximate surface area is 62.8 Å². The number of alkyl halides is 1. The second-order valence-corrected chi connectivity index (χ2v) is 2.42. The van der Waals surface area contributed by atoms with Crippen LogP contribution in [0.5, 0.6) is 0 Å². The molecule has 0 amide bonds. The second kappa shape index (κ2) is 2.53. The number of nitrogens with zero attached hydrogens (tertiary/aromatic N) is 1. The molecule has 0 atom stereocenters. The SMILES string of the molecule is Cc1cccn1CI. The van der Waals surface area contributed by atoms with Crippen molar-refractivity contribution in [2.45, 2.75) is 11.5 Å². The summed E-state index contributed by atoms with van der Waals surface area (Å²) in [7, 11) is 0. The van der Waals surface area contributed by atoms with Gasteiger partial charge in [-0.1, -0.05) is 22.6 Å². The molecular formula is C6H8IN. The normalized spacial score (nSPS) is 9.75. The van der Waals surface area contributed by atoms with Crippen LogP contribution in [0.1, 0.15) is 5.69 Å². The summed E-state index contributed by atoms with van der Waals surface area (Å²) >= 11 is 2.34. The summed E-state index contributed by atoms with van der Waals surface area (Å²) in [5, 5.41) is 0. The van der Waals surface area contributed by atoms with Crippen LogP contribution in [0.15, 0.2) is 18.3 Å². The minimum Gasteiger partial charge on any atom is -0.342 e. The zero-order valence-corrected chi connectivity index (χ0v) is 6.92. The minimum absolute atomic E-state index is 1.05. The van der Waals surface area contributed by atoms with E-state index in [4.69, 9.17) is 0 Å². The summed E-state index contributed by atoms with van der Waals surface area (Å²) in [4.78, 5) is 0. The highest BCUT2D eigenvalue weighted by Gasteiger charge is 1.87. The predicted molar refractivity (Wildman–Crippen MR) is 43.2 cm³/mol. The molecule has 0 unspecified atom stereocenters. The van der Waals surface area contributed by atoms with Crippen molar-refractivity contribution in [2.24, 2.45) is 0 Å². The molecule has 1 rings (SSSR count). The fourth-order valence-electron chi connectivity index (χ4n) is 0.634. The van der Waals surface area contributed by atoms with Gasteiger partial charge in [-0.05, 0) is 19.1 Å². The van der Waals surface area contributed by atoms with Crippen LogP contribution in [-0.4, -0.2) is 4.57 Å². The number of rotatable bonds is 1. The Morgan fingerprint density at radius 3 is 2.75 bits per heavy atom. The van der Waals surface area contributed by atoms with Crippen LogP contribution in [-0.2, 0) is 4.55 Å². The predicted octanol–water partition coefficient (Wildman–Crippen LogP) is 2.19. The van der Waals surface area contributed by atoms with Crippen molar-refractivity contribution < 1.29 is 0 Å². The van der Waals surface area contributed by atoms with Gasteiger partial charge in [-0.3, -0.25) is 0 Å². The third-order valence-corrected chi connectivity index (χ3v) is 1.92. The van der Waals surface area contributed by atoms with E-state index in [0.717, 1.165) is 4.55 Å². The molecule has 0 spiro atoms. The van der Waals surface area contributed by atoms with Gasteiger partial charge in [-0.25, -0.2) is 0 Å². The second-order valence-electron chi connectivity index (χ2n) is 1.74. The Balaban J connectivity index is 2.92. The van der Waals surface area contributed by atoms with Crippen LogP contribution in [0.2, 0.25) is 0 Å².